The van der Waals surface area contributed by atoms with Crippen LogP contribution in [-0.2, 0) is 24.3 Å². The van der Waals surface area contributed by atoms with Crippen molar-refractivity contribution < 1.29 is 4.79 Å². The Labute approximate surface area is 142 Å². The van der Waals surface area contributed by atoms with Gasteiger partial charge in [-0.3, -0.25) is 9.69 Å². The maximum Gasteiger partial charge on any atom is 0.237 e. The quantitative estimate of drug-likeness (QED) is 0.869. The van der Waals surface area contributed by atoms with Gasteiger partial charge in [0.05, 0.1) is 19.1 Å². The van der Waals surface area contributed by atoms with Gasteiger partial charge in [0.25, 0.3) is 0 Å². The van der Waals surface area contributed by atoms with E-state index in [1.807, 2.05) is 24.3 Å². The predicted molar refractivity (Wildman–Crippen MR) is 92.4 cm³/mol. The van der Waals surface area contributed by atoms with Gasteiger partial charge in [-0.15, -0.1) is 0 Å². The molecule has 24 heavy (non-hydrogen) atoms. The SMILES string of the molecule is CN(C(=O)CN1CCn2ccnc2C1)[C@H]1CCCc2ccccc21. The normalized spacial score (nSPS) is 20.3. The zero-order valence-electron chi connectivity index (χ0n) is 14.2. The lowest BCUT2D eigenvalue weighted by molar-refractivity contribution is -0.134. The fourth-order valence-corrected chi connectivity index (χ4v) is 3.97. The standard InChI is InChI=1S/C19H24N4O/c1-21(17-8-4-6-15-5-2-3-7-16(15)17)19(24)14-22-11-12-23-10-9-20-18(23)13-22/h2-3,5,7,9-10,17H,4,6,8,11-14H2,1H3/t17-/m0/s1. The molecule has 2 aromatic rings. The fourth-order valence-electron chi connectivity index (χ4n) is 3.97. The third-order valence-corrected chi connectivity index (χ3v) is 5.38. The lowest BCUT2D eigenvalue weighted by Crippen LogP contribution is -2.43. The Morgan fingerprint density at radius 3 is 3.12 bits per heavy atom. The Morgan fingerprint density at radius 1 is 1.33 bits per heavy atom. The van der Waals surface area contributed by atoms with Gasteiger partial charge in [0.15, 0.2) is 0 Å². The van der Waals surface area contributed by atoms with E-state index in [1.54, 1.807) is 0 Å². The van der Waals surface area contributed by atoms with Gasteiger partial charge >= 0.3 is 0 Å². The molecule has 1 atom stereocenters. The second-order valence-corrected chi connectivity index (χ2v) is 6.86. The van der Waals surface area contributed by atoms with Crippen LogP contribution in [0.4, 0.5) is 0 Å². The average molecular weight is 324 g/mol. The number of hydrogen-bond donors (Lipinski definition) is 0. The van der Waals surface area contributed by atoms with Crippen molar-refractivity contribution in [3.05, 3.63) is 53.6 Å². The monoisotopic (exact) mass is 324 g/mol. The van der Waals surface area contributed by atoms with Crippen molar-refractivity contribution in [3.63, 3.8) is 0 Å². The molecule has 0 fully saturated rings. The highest BCUT2D eigenvalue weighted by Gasteiger charge is 2.28. The number of carbonyl (C=O) groups excluding carboxylic acids is 1. The minimum atomic E-state index is 0.205. The molecule has 1 aromatic carbocycles. The molecule has 1 aromatic heterocycles. The Hall–Kier alpha value is -2.14. The topological polar surface area (TPSA) is 41.4 Å². The minimum Gasteiger partial charge on any atom is -0.338 e. The van der Waals surface area contributed by atoms with Crippen LogP contribution < -0.4 is 0 Å². The Bertz CT molecular complexity index is 738. The van der Waals surface area contributed by atoms with Crippen LogP contribution in [0.25, 0.3) is 0 Å². The van der Waals surface area contributed by atoms with E-state index in [0.29, 0.717) is 6.54 Å². The number of imidazole rings is 1. The van der Waals surface area contributed by atoms with Crippen LogP contribution in [0.1, 0.15) is 35.8 Å². The summed E-state index contributed by atoms with van der Waals surface area (Å²) in [7, 11) is 1.96. The highest BCUT2D eigenvalue weighted by Crippen LogP contribution is 2.33. The van der Waals surface area contributed by atoms with Crippen molar-refractivity contribution in [1.29, 1.82) is 0 Å². The molecular formula is C19H24N4O. The number of amides is 1. The Morgan fingerprint density at radius 2 is 2.21 bits per heavy atom. The number of fused-ring (bicyclic) bond motifs is 2. The molecule has 0 saturated carbocycles. The van der Waals surface area contributed by atoms with Gasteiger partial charge in [-0.25, -0.2) is 4.98 Å². The first-order valence-corrected chi connectivity index (χ1v) is 8.78. The largest absolute Gasteiger partial charge is 0.338 e. The number of benzene rings is 1. The summed E-state index contributed by atoms with van der Waals surface area (Å²) in [6, 6.07) is 8.78. The van der Waals surface area contributed by atoms with Crippen LogP contribution >= 0.6 is 0 Å². The van der Waals surface area contributed by atoms with E-state index in [1.165, 1.54) is 11.1 Å². The van der Waals surface area contributed by atoms with Crippen LogP contribution in [0.15, 0.2) is 36.7 Å². The lowest BCUT2D eigenvalue weighted by Gasteiger charge is -2.35. The molecule has 1 amide bonds. The molecule has 0 spiro atoms. The van der Waals surface area contributed by atoms with E-state index < -0.39 is 0 Å². The van der Waals surface area contributed by atoms with Gasteiger partial charge in [-0.05, 0) is 30.4 Å². The molecule has 1 aliphatic heterocycles. The number of rotatable bonds is 3. The van der Waals surface area contributed by atoms with E-state index in [0.717, 1.165) is 44.7 Å². The van der Waals surface area contributed by atoms with E-state index in [-0.39, 0.29) is 11.9 Å². The van der Waals surface area contributed by atoms with Crippen LogP contribution in [0.2, 0.25) is 0 Å². The van der Waals surface area contributed by atoms with Crippen LogP contribution in [0.5, 0.6) is 0 Å². The highest BCUT2D eigenvalue weighted by atomic mass is 16.2. The number of aryl methyl sites for hydroxylation is 1. The molecule has 2 aliphatic rings. The molecule has 0 N–H and O–H groups in total. The zero-order chi connectivity index (χ0) is 16.5. The van der Waals surface area contributed by atoms with E-state index in [2.05, 4.69) is 38.7 Å². The van der Waals surface area contributed by atoms with Crippen molar-refractivity contribution in [1.82, 2.24) is 19.4 Å². The van der Waals surface area contributed by atoms with Gasteiger partial charge in [-0.2, -0.15) is 0 Å². The molecule has 0 saturated heterocycles. The van der Waals surface area contributed by atoms with E-state index in [4.69, 9.17) is 0 Å². The molecule has 1 aliphatic carbocycles. The zero-order valence-corrected chi connectivity index (χ0v) is 14.2. The molecule has 5 nitrogen and oxygen atoms in total. The van der Waals surface area contributed by atoms with Crippen molar-refractivity contribution in [2.24, 2.45) is 0 Å². The Balaban J connectivity index is 1.44. The van der Waals surface area contributed by atoms with Crippen LogP contribution in [0, 0.1) is 0 Å². The third kappa shape index (κ3) is 2.84. The van der Waals surface area contributed by atoms with Crippen molar-refractivity contribution in [2.75, 3.05) is 20.1 Å². The molecule has 0 radical (unpaired) electrons. The maximum atomic E-state index is 12.8. The first kappa shape index (κ1) is 15.4. The smallest absolute Gasteiger partial charge is 0.237 e. The number of hydrogen-bond acceptors (Lipinski definition) is 3. The van der Waals surface area contributed by atoms with Crippen molar-refractivity contribution in [2.45, 2.75) is 38.4 Å². The van der Waals surface area contributed by atoms with Gasteiger partial charge in [0, 0.05) is 32.5 Å². The molecule has 0 unspecified atom stereocenters. The summed E-state index contributed by atoms with van der Waals surface area (Å²) < 4.78 is 2.17. The van der Waals surface area contributed by atoms with Crippen LogP contribution in [-0.4, -0.2) is 45.4 Å². The van der Waals surface area contributed by atoms with Gasteiger partial charge in [0.2, 0.25) is 5.91 Å². The molecule has 0 bridgehead atoms. The highest BCUT2D eigenvalue weighted by molar-refractivity contribution is 5.78. The number of nitrogens with zero attached hydrogens (tertiary/aromatic N) is 4. The molecule has 2 heterocycles. The molecule has 4 rings (SSSR count). The van der Waals surface area contributed by atoms with E-state index in [9.17, 15) is 4.79 Å². The Kier molecular flexibility index (Phi) is 4.10. The van der Waals surface area contributed by atoms with Crippen molar-refractivity contribution in [3.8, 4) is 0 Å². The summed E-state index contributed by atoms with van der Waals surface area (Å²) in [4.78, 5) is 21.4. The average Bonchev–Trinajstić information content (AvgIpc) is 3.08. The first-order valence-electron chi connectivity index (χ1n) is 8.78. The minimum absolute atomic E-state index is 0.205. The summed E-state index contributed by atoms with van der Waals surface area (Å²) in [5, 5.41) is 0. The van der Waals surface area contributed by atoms with Gasteiger partial charge in [-0.1, -0.05) is 24.3 Å². The predicted octanol–water partition coefficient (Wildman–Crippen LogP) is 2.23. The summed E-state index contributed by atoms with van der Waals surface area (Å²) >= 11 is 0. The number of likely N-dealkylation sites (N-methyl/N-ethyl adjacent to an activating group) is 1. The van der Waals surface area contributed by atoms with Gasteiger partial charge < -0.3 is 9.47 Å². The first-order chi connectivity index (χ1) is 11.7. The number of carbonyl (C=O) groups is 1. The second-order valence-electron chi connectivity index (χ2n) is 6.86. The van der Waals surface area contributed by atoms with Gasteiger partial charge in [0.1, 0.15) is 5.82 Å². The molecular weight excluding hydrogens is 300 g/mol. The van der Waals surface area contributed by atoms with E-state index >= 15 is 0 Å². The van der Waals surface area contributed by atoms with Crippen molar-refractivity contribution >= 4 is 5.91 Å². The second kappa shape index (κ2) is 6.40. The van der Waals surface area contributed by atoms with Crippen LogP contribution in [0.3, 0.4) is 0 Å². The third-order valence-electron chi connectivity index (χ3n) is 5.38. The fraction of sp³-hybridized carbons (Fsp3) is 0.474. The summed E-state index contributed by atoms with van der Waals surface area (Å²) in [5.74, 6) is 1.26. The summed E-state index contributed by atoms with van der Waals surface area (Å²) in [5.41, 5.74) is 2.72. The maximum absolute atomic E-state index is 12.8. The molecule has 126 valence electrons. The lowest BCUT2D eigenvalue weighted by atomic mass is 9.87. The summed E-state index contributed by atoms with van der Waals surface area (Å²) in [6.45, 7) is 3.05. The summed E-state index contributed by atoms with van der Waals surface area (Å²) in [6.07, 6.45) is 7.19. The number of aromatic nitrogens is 2. The molecule has 5 heteroatoms.